The van der Waals surface area contributed by atoms with Crippen LogP contribution >= 0.6 is 0 Å². The van der Waals surface area contributed by atoms with Gasteiger partial charge in [-0.3, -0.25) is 4.79 Å². The molecule has 0 saturated carbocycles. The molecule has 16 heavy (non-hydrogen) atoms. The van der Waals surface area contributed by atoms with Gasteiger partial charge in [-0.2, -0.15) is 5.10 Å². The van der Waals surface area contributed by atoms with E-state index in [4.69, 9.17) is 4.42 Å². The van der Waals surface area contributed by atoms with Crippen molar-refractivity contribution in [2.24, 2.45) is 0 Å². The number of rotatable bonds is 3. The van der Waals surface area contributed by atoms with E-state index in [9.17, 15) is 4.79 Å². The fourth-order valence-corrected chi connectivity index (χ4v) is 1.44. The van der Waals surface area contributed by atoms with Crippen molar-refractivity contribution in [1.82, 2.24) is 9.78 Å². The molecule has 0 aliphatic rings. The van der Waals surface area contributed by atoms with E-state index in [0.717, 1.165) is 11.4 Å². The van der Waals surface area contributed by atoms with Crippen LogP contribution in [0.4, 0.5) is 0 Å². The number of hydrogen-bond donors (Lipinski definition) is 0. The molecule has 4 heteroatoms. The molecule has 4 nitrogen and oxygen atoms in total. The standard InChI is InChI=1S/C12H12N2O2/c1-9-8-10(2)14(13-9)6-5-11(15)12-4-3-7-16-12/h3-8H,1-2H3/b6-5+. The molecule has 0 radical (unpaired) electrons. The van der Waals surface area contributed by atoms with Crippen LogP contribution in [0.15, 0.2) is 35.0 Å². The third kappa shape index (κ3) is 2.11. The molecule has 0 fully saturated rings. The molecular formula is C12H12N2O2. The Bertz CT molecular complexity index is 521. The number of ketones is 1. The van der Waals surface area contributed by atoms with Gasteiger partial charge in [0.15, 0.2) is 5.76 Å². The van der Waals surface area contributed by atoms with Crippen LogP contribution in [0.5, 0.6) is 0 Å². The summed E-state index contributed by atoms with van der Waals surface area (Å²) in [7, 11) is 0. The van der Waals surface area contributed by atoms with Crippen molar-refractivity contribution < 1.29 is 9.21 Å². The quantitative estimate of drug-likeness (QED) is 0.584. The van der Waals surface area contributed by atoms with Crippen molar-refractivity contribution in [1.29, 1.82) is 0 Å². The zero-order chi connectivity index (χ0) is 11.5. The Hall–Kier alpha value is -2.10. The van der Waals surface area contributed by atoms with Gasteiger partial charge in [0.1, 0.15) is 0 Å². The monoisotopic (exact) mass is 216 g/mol. The highest BCUT2D eigenvalue weighted by Gasteiger charge is 2.04. The number of furan rings is 1. The lowest BCUT2D eigenvalue weighted by Crippen LogP contribution is -1.96. The Labute approximate surface area is 93.2 Å². The van der Waals surface area contributed by atoms with Gasteiger partial charge in [0.25, 0.3) is 0 Å². The number of carbonyl (C=O) groups excluding carboxylic acids is 1. The molecule has 0 amide bonds. The summed E-state index contributed by atoms with van der Waals surface area (Å²) >= 11 is 0. The summed E-state index contributed by atoms with van der Waals surface area (Å²) in [4.78, 5) is 11.6. The van der Waals surface area contributed by atoms with Crippen LogP contribution in [0.25, 0.3) is 6.20 Å². The summed E-state index contributed by atoms with van der Waals surface area (Å²) < 4.78 is 6.65. The molecule has 0 atom stereocenters. The molecule has 2 heterocycles. The van der Waals surface area contributed by atoms with E-state index in [1.54, 1.807) is 23.0 Å². The zero-order valence-corrected chi connectivity index (χ0v) is 9.18. The van der Waals surface area contributed by atoms with Gasteiger partial charge in [-0.15, -0.1) is 0 Å². The molecule has 2 aromatic heterocycles. The maximum absolute atomic E-state index is 11.6. The number of allylic oxidation sites excluding steroid dienone is 1. The normalized spacial score (nSPS) is 11.1. The third-order valence-electron chi connectivity index (χ3n) is 2.18. The molecule has 0 spiro atoms. The first kappa shape index (κ1) is 10.4. The van der Waals surface area contributed by atoms with Crippen molar-refractivity contribution in [3.63, 3.8) is 0 Å². The molecule has 0 unspecified atom stereocenters. The lowest BCUT2D eigenvalue weighted by atomic mass is 10.3. The fraction of sp³-hybridized carbons (Fsp3) is 0.167. The summed E-state index contributed by atoms with van der Waals surface area (Å²) in [6.45, 7) is 3.84. The van der Waals surface area contributed by atoms with Crippen molar-refractivity contribution in [3.05, 3.63) is 47.7 Å². The summed E-state index contributed by atoms with van der Waals surface area (Å²) in [6, 6.07) is 5.26. The third-order valence-corrected chi connectivity index (χ3v) is 2.18. The van der Waals surface area contributed by atoms with E-state index in [1.165, 1.54) is 12.3 Å². The number of aromatic nitrogens is 2. The number of hydrogen-bond acceptors (Lipinski definition) is 3. The van der Waals surface area contributed by atoms with Crippen LogP contribution in [-0.4, -0.2) is 15.6 Å². The maximum Gasteiger partial charge on any atom is 0.222 e. The maximum atomic E-state index is 11.6. The molecule has 0 N–H and O–H groups in total. The molecule has 0 aromatic carbocycles. The first-order valence-corrected chi connectivity index (χ1v) is 4.95. The van der Waals surface area contributed by atoms with Gasteiger partial charge in [-0.25, -0.2) is 4.68 Å². The molecule has 2 rings (SSSR count). The smallest absolute Gasteiger partial charge is 0.222 e. The lowest BCUT2D eigenvalue weighted by molar-refractivity contribution is 0.102. The summed E-state index contributed by atoms with van der Waals surface area (Å²) in [5, 5.41) is 4.21. The Kier molecular flexibility index (Phi) is 2.72. The fourth-order valence-electron chi connectivity index (χ4n) is 1.44. The second-order valence-corrected chi connectivity index (χ2v) is 3.53. The van der Waals surface area contributed by atoms with Crippen LogP contribution in [0, 0.1) is 13.8 Å². The van der Waals surface area contributed by atoms with E-state index in [1.807, 2.05) is 19.9 Å². The second kappa shape index (κ2) is 4.18. The van der Waals surface area contributed by atoms with E-state index < -0.39 is 0 Å². The number of aryl methyl sites for hydroxylation is 2. The SMILES string of the molecule is Cc1cc(C)n(/C=C/C(=O)c2ccco2)n1. The van der Waals surface area contributed by atoms with Crippen LogP contribution in [0.2, 0.25) is 0 Å². The average Bonchev–Trinajstić information content (AvgIpc) is 2.84. The Morgan fingerprint density at radius 2 is 2.31 bits per heavy atom. The van der Waals surface area contributed by atoms with Gasteiger partial charge >= 0.3 is 0 Å². The predicted molar refractivity (Wildman–Crippen MR) is 60.1 cm³/mol. The van der Waals surface area contributed by atoms with E-state index >= 15 is 0 Å². The van der Waals surface area contributed by atoms with E-state index in [0.29, 0.717) is 5.76 Å². The van der Waals surface area contributed by atoms with Crippen molar-refractivity contribution >= 4 is 12.0 Å². The van der Waals surface area contributed by atoms with Gasteiger partial charge in [0.2, 0.25) is 5.78 Å². The largest absolute Gasteiger partial charge is 0.461 e. The molecule has 2 aromatic rings. The highest BCUT2D eigenvalue weighted by atomic mass is 16.3. The molecule has 0 aliphatic carbocycles. The highest BCUT2D eigenvalue weighted by Crippen LogP contribution is 2.05. The number of nitrogens with zero attached hydrogens (tertiary/aromatic N) is 2. The van der Waals surface area contributed by atoms with Gasteiger partial charge in [-0.1, -0.05) is 0 Å². The number of carbonyl (C=O) groups is 1. The predicted octanol–water partition coefficient (Wildman–Crippen LogP) is 2.45. The van der Waals surface area contributed by atoms with Gasteiger partial charge in [-0.05, 0) is 32.0 Å². The topological polar surface area (TPSA) is 48.0 Å². The average molecular weight is 216 g/mol. The summed E-state index contributed by atoms with van der Waals surface area (Å²) in [5.74, 6) is 0.162. The summed E-state index contributed by atoms with van der Waals surface area (Å²) in [6.07, 6.45) is 4.55. The van der Waals surface area contributed by atoms with Crippen molar-refractivity contribution in [3.8, 4) is 0 Å². The summed E-state index contributed by atoms with van der Waals surface area (Å²) in [5.41, 5.74) is 1.91. The highest BCUT2D eigenvalue weighted by molar-refractivity contribution is 6.03. The van der Waals surface area contributed by atoms with Crippen LogP contribution in [0.1, 0.15) is 21.9 Å². The van der Waals surface area contributed by atoms with Crippen molar-refractivity contribution in [2.45, 2.75) is 13.8 Å². The first-order valence-electron chi connectivity index (χ1n) is 4.95. The molecule has 82 valence electrons. The van der Waals surface area contributed by atoms with Crippen LogP contribution in [0.3, 0.4) is 0 Å². The van der Waals surface area contributed by atoms with Gasteiger partial charge in [0.05, 0.1) is 12.0 Å². The molecular weight excluding hydrogens is 204 g/mol. The first-order chi connectivity index (χ1) is 7.66. The van der Waals surface area contributed by atoms with Gasteiger partial charge in [0, 0.05) is 18.0 Å². The minimum Gasteiger partial charge on any atom is -0.461 e. The van der Waals surface area contributed by atoms with E-state index in [2.05, 4.69) is 5.10 Å². The minimum atomic E-state index is -0.169. The minimum absolute atomic E-state index is 0.169. The molecule has 0 aliphatic heterocycles. The Morgan fingerprint density at radius 1 is 1.50 bits per heavy atom. The Morgan fingerprint density at radius 3 is 2.88 bits per heavy atom. The molecule has 0 saturated heterocycles. The molecule has 0 bridgehead atoms. The lowest BCUT2D eigenvalue weighted by Gasteiger charge is -1.94. The zero-order valence-electron chi connectivity index (χ0n) is 9.18. The van der Waals surface area contributed by atoms with Crippen LogP contribution < -0.4 is 0 Å². The van der Waals surface area contributed by atoms with Gasteiger partial charge < -0.3 is 4.42 Å². The second-order valence-electron chi connectivity index (χ2n) is 3.53. The van der Waals surface area contributed by atoms with E-state index in [-0.39, 0.29) is 5.78 Å². The van der Waals surface area contributed by atoms with Crippen molar-refractivity contribution in [2.75, 3.05) is 0 Å². The van der Waals surface area contributed by atoms with Crippen LogP contribution in [-0.2, 0) is 0 Å². The Balaban J connectivity index is 2.16.